The number of phenolic OH excluding ortho intramolecular Hbond substituents is 1. The fourth-order valence-corrected chi connectivity index (χ4v) is 3.41. The maximum absolute atomic E-state index is 9.38. The summed E-state index contributed by atoms with van der Waals surface area (Å²) in [6, 6.07) is 19.0. The van der Waals surface area contributed by atoms with Gasteiger partial charge in [0.15, 0.2) is 0 Å². The highest BCUT2D eigenvalue weighted by atomic mass is 16.3. The number of hydrogen-bond donors (Lipinski definition) is 2. The summed E-state index contributed by atoms with van der Waals surface area (Å²) in [5, 5.41) is 13.1. The minimum atomic E-state index is 0.339. The minimum Gasteiger partial charge on any atom is -0.508 e. The number of anilines is 1. The highest BCUT2D eigenvalue weighted by Gasteiger charge is 2.18. The van der Waals surface area contributed by atoms with Gasteiger partial charge in [-0.2, -0.15) is 0 Å². The van der Waals surface area contributed by atoms with Crippen LogP contribution in [-0.2, 0) is 6.42 Å². The van der Waals surface area contributed by atoms with E-state index in [9.17, 15) is 5.11 Å². The highest BCUT2D eigenvalue weighted by Crippen LogP contribution is 2.22. The van der Waals surface area contributed by atoms with Crippen molar-refractivity contribution in [3.05, 3.63) is 60.2 Å². The second-order valence-corrected chi connectivity index (χ2v) is 6.67. The SMILES string of the molecule is Oc1ccc(N2CCC(NCCCCc3ccccc3)CC2)cc1. The molecule has 2 aromatic rings. The van der Waals surface area contributed by atoms with E-state index in [1.807, 2.05) is 12.1 Å². The van der Waals surface area contributed by atoms with Gasteiger partial charge in [0, 0.05) is 24.8 Å². The third kappa shape index (κ3) is 5.00. The summed E-state index contributed by atoms with van der Waals surface area (Å²) in [5.74, 6) is 0.339. The first kappa shape index (κ1) is 16.8. The molecular weight excluding hydrogens is 296 g/mol. The Hall–Kier alpha value is -2.00. The van der Waals surface area contributed by atoms with Crippen LogP contribution in [0.1, 0.15) is 31.2 Å². The predicted molar refractivity (Wildman–Crippen MR) is 101 cm³/mol. The van der Waals surface area contributed by atoms with Gasteiger partial charge < -0.3 is 15.3 Å². The number of phenols is 1. The fourth-order valence-electron chi connectivity index (χ4n) is 3.41. The van der Waals surface area contributed by atoms with Crippen LogP contribution in [0.3, 0.4) is 0 Å². The molecule has 2 N–H and O–H groups in total. The smallest absolute Gasteiger partial charge is 0.115 e. The first-order valence-electron chi connectivity index (χ1n) is 9.12. The molecular formula is C21H28N2O. The topological polar surface area (TPSA) is 35.5 Å². The Kier molecular flexibility index (Phi) is 6.13. The quantitative estimate of drug-likeness (QED) is 0.756. The van der Waals surface area contributed by atoms with E-state index < -0.39 is 0 Å². The van der Waals surface area contributed by atoms with Gasteiger partial charge in [0.1, 0.15) is 5.75 Å². The van der Waals surface area contributed by atoms with Crippen molar-refractivity contribution in [1.82, 2.24) is 5.32 Å². The van der Waals surface area contributed by atoms with E-state index in [2.05, 4.69) is 40.5 Å². The van der Waals surface area contributed by atoms with Crippen LogP contribution in [0.15, 0.2) is 54.6 Å². The first-order chi connectivity index (χ1) is 11.8. The van der Waals surface area contributed by atoms with Crippen LogP contribution in [0, 0.1) is 0 Å². The number of aryl methyl sites for hydroxylation is 1. The second kappa shape index (κ2) is 8.74. The van der Waals surface area contributed by atoms with Gasteiger partial charge in [-0.05, 0) is 68.5 Å². The third-order valence-electron chi connectivity index (χ3n) is 4.88. The summed E-state index contributed by atoms with van der Waals surface area (Å²) < 4.78 is 0. The molecule has 3 rings (SSSR count). The largest absolute Gasteiger partial charge is 0.508 e. The van der Waals surface area contributed by atoms with Crippen molar-refractivity contribution >= 4 is 5.69 Å². The van der Waals surface area contributed by atoms with E-state index in [4.69, 9.17) is 0 Å². The molecule has 1 aliphatic rings. The molecule has 1 heterocycles. The van der Waals surface area contributed by atoms with Crippen molar-refractivity contribution in [3.63, 3.8) is 0 Å². The predicted octanol–water partition coefficient (Wildman–Crippen LogP) is 3.97. The minimum absolute atomic E-state index is 0.339. The molecule has 2 aromatic carbocycles. The Labute approximate surface area is 145 Å². The summed E-state index contributed by atoms with van der Waals surface area (Å²) >= 11 is 0. The van der Waals surface area contributed by atoms with Crippen LogP contribution < -0.4 is 10.2 Å². The molecule has 3 nitrogen and oxygen atoms in total. The average Bonchev–Trinajstić information content (AvgIpc) is 2.64. The van der Waals surface area contributed by atoms with E-state index in [1.165, 1.54) is 43.4 Å². The Morgan fingerprint density at radius 2 is 1.62 bits per heavy atom. The van der Waals surface area contributed by atoms with E-state index in [0.717, 1.165) is 19.6 Å². The summed E-state index contributed by atoms with van der Waals surface area (Å²) in [6.07, 6.45) is 6.07. The first-order valence-corrected chi connectivity index (χ1v) is 9.12. The molecule has 0 spiro atoms. The van der Waals surface area contributed by atoms with Gasteiger partial charge >= 0.3 is 0 Å². The van der Waals surface area contributed by atoms with Crippen molar-refractivity contribution in [1.29, 1.82) is 0 Å². The molecule has 1 fully saturated rings. The van der Waals surface area contributed by atoms with Crippen molar-refractivity contribution in [3.8, 4) is 5.75 Å². The normalized spacial score (nSPS) is 15.6. The number of nitrogens with one attached hydrogen (secondary N) is 1. The lowest BCUT2D eigenvalue weighted by Crippen LogP contribution is -2.42. The van der Waals surface area contributed by atoms with Gasteiger partial charge in [-0.1, -0.05) is 30.3 Å². The number of benzene rings is 2. The Morgan fingerprint density at radius 1 is 0.917 bits per heavy atom. The lowest BCUT2D eigenvalue weighted by atomic mass is 10.0. The summed E-state index contributed by atoms with van der Waals surface area (Å²) in [4.78, 5) is 2.41. The zero-order chi connectivity index (χ0) is 16.6. The van der Waals surface area contributed by atoms with Gasteiger partial charge in [-0.3, -0.25) is 0 Å². The molecule has 0 bridgehead atoms. The zero-order valence-electron chi connectivity index (χ0n) is 14.3. The lowest BCUT2D eigenvalue weighted by Gasteiger charge is -2.34. The molecule has 0 amide bonds. The Bertz CT molecular complexity index is 589. The molecule has 0 aromatic heterocycles. The monoisotopic (exact) mass is 324 g/mol. The van der Waals surface area contributed by atoms with E-state index in [0.29, 0.717) is 11.8 Å². The van der Waals surface area contributed by atoms with Gasteiger partial charge in [-0.15, -0.1) is 0 Å². The van der Waals surface area contributed by atoms with Crippen LogP contribution in [0.25, 0.3) is 0 Å². The van der Waals surface area contributed by atoms with E-state index >= 15 is 0 Å². The van der Waals surface area contributed by atoms with Crippen LogP contribution in [0.2, 0.25) is 0 Å². The lowest BCUT2D eigenvalue weighted by molar-refractivity contribution is 0.410. The number of nitrogens with zero attached hydrogens (tertiary/aromatic N) is 1. The number of hydrogen-bond acceptors (Lipinski definition) is 3. The molecule has 0 radical (unpaired) electrons. The molecule has 0 atom stereocenters. The van der Waals surface area contributed by atoms with Crippen LogP contribution in [0.5, 0.6) is 5.75 Å². The molecule has 1 aliphatic heterocycles. The number of piperidine rings is 1. The van der Waals surface area contributed by atoms with Crippen molar-refractivity contribution in [2.45, 2.75) is 38.1 Å². The van der Waals surface area contributed by atoms with E-state index in [1.54, 1.807) is 12.1 Å². The third-order valence-corrected chi connectivity index (χ3v) is 4.88. The standard InChI is InChI=1S/C21H28N2O/c24-21-11-9-20(10-12-21)23-16-13-19(14-17-23)22-15-5-4-8-18-6-2-1-3-7-18/h1-3,6-7,9-12,19,22,24H,4-5,8,13-17H2. The molecule has 0 unspecified atom stereocenters. The number of rotatable bonds is 7. The second-order valence-electron chi connectivity index (χ2n) is 6.67. The number of unbranched alkanes of at least 4 members (excludes halogenated alkanes) is 1. The Morgan fingerprint density at radius 3 is 2.33 bits per heavy atom. The number of aromatic hydroxyl groups is 1. The van der Waals surface area contributed by atoms with Crippen molar-refractivity contribution in [2.75, 3.05) is 24.5 Å². The van der Waals surface area contributed by atoms with Crippen LogP contribution >= 0.6 is 0 Å². The summed E-state index contributed by atoms with van der Waals surface area (Å²) in [6.45, 7) is 3.30. The summed E-state index contributed by atoms with van der Waals surface area (Å²) in [5.41, 5.74) is 2.66. The molecule has 128 valence electrons. The van der Waals surface area contributed by atoms with Crippen molar-refractivity contribution in [2.24, 2.45) is 0 Å². The molecule has 3 heteroatoms. The zero-order valence-corrected chi connectivity index (χ0v) is 14.3. The Balaban J connectivity index is 1.30. The fraction of sp³-hybridized carbons (Fsp3) is 0.429. The average molecular weight is 324 g/mol. The molecule has 24 heavy (non-hydrogen) atoms. The van der Waals surface area contributed by atoms with Gasteiger partial charge in [0.25, 0.3) is 0 Å². The maximum atomic E-state index is 9.38. The summed E-state index contributed by atoms with van der Waals surface area (Å²) in [7, 11) is 0. The van der Waals surface area contributed by atoms with Crippen LogP contribution in [0.4, 0.5) is 5.69 Å². The molecule has 1 saturated heterocycles. The van der Waals surface area contributed by atoms with Gasteiger partial charge in [0.2, 0.25) is 0 Å². The molecule has 0 saturated carbocycles. The van der Waals surface area contributed by atoms with E-state index in [-0.39, 0.29) is 0 Å². The van der Waals surface area contributed by atoms with Crippen molar-refractivity contribution < 1.29 is 5.11 Å². The van der Waals surface area contributed by atoms with Crippen LogP contribution in [-0.4, -0.2) is 30.8 Å². The molecule has 0 aliphatic carbocycles. The van der Waals surface area contributed by atoms with Gasteiger partial charge in [-0.25, -0.2) is 0 Å². The van der Waals surface area contributed by atoms with Gasteiger partial charge in [0.05, 0.1) is 0 Å². The highest BCUT2D eigenvalue weighted by molar-refractivity contribution is 5.49. The maximum Gasteiger partial charge on any atom is 0.115 e.